The van der Waals surface area contributed by atoms with E-state index >= 15 is 0 Å². The Morgan fingerprint density at radius 1 is 0.641 bits per heavy atom. The zero-order valence-electron chi connectivity index (χ0n) is 26.0. The van der Waals surface area contributed by atoms with E-state index in [0.29, 0.717) is 0 Å². The van der Waals surface area contributed by atoms with Crippen molar-refractivity contribution in [2.75, 3.05) is 14.1 Å². The number of rotatable bonds is 0. The smallest absolute Gasteiger partial charge is 0.0479 e. The molecule has 4 aliphatic carbocycles. The van der Waals surface area contributed by atoms with Crippen LogP contribution in [0.15, 0.2) is 30.3 Å². The summed E-state index contributed by atoms with van der Waals surface area (Å²) in [6.07, 6.45) is 18.3. The van der Waals surface area contributed by atoms with Gasteiger partial charge in [0.15, 0.2) is 0 Å². The highest BCUT2D eigenvalue weighted by Gasteiger charge is 2.51. The van der Waals surface area contributed by atoms with Crippen LogP contribution in [-0.4, -0.2) is 52.6 Å². The first-order chi connectivity index (χ1) is 18.8. The number of likely N-dealkylation sites (tertiary alicyclic amines) is 2. The molecule has 2 aliphatic heterocycles. The van der Waals surface area contributed by atoms with Crippen LogP contribution in [0.2, 0.25) is 0 Å². The van der Waals surface area contributed by atoms with Gasteiger partial charge in [-0.1, -0.05) is 56.7 Å². The quantitative estimate of drug-likeness (QED) is 0.339. The van der Waals surface area contributed by atoms with Gasteiger partial charge in [-0.15, -0.1) is 0 Å². The number of hydrogen-bond acceptors (Lipinski definition) is 2. The zero-order valence-corrected chi connectivity index (χ0v) is 26.0. The summed E-state index contributed by atoms with van der Waals surface area (Å²) in [5.74, 6) is 6.52. The summed E-state index contributed by atoms with van der Waals surface area (Å²) >= 11 is 0. The van der Waals surface area contributed by atoms with E-state index in [9.17, 15) is 0 Å². The van der Waals surface area contributed by atoms with E-state index in [1.54, 1.807) is 25.7 Å². The fourth-order valence-corrected chi connectivity index (χ4v) is 10.6. The lowest BCUT2D eigenvalue weighted by Crippen LogP contribution is -2.37. The molecule has 10 atom stereocenters. The van der Waals surface area contributed by atoms with E-state index in [2.05, 4.69) is 86.6 Å². The first-order valence-electron chi connectivity index (χ1n) is 16.8. The highest BCUT2D eigenvalue weighted by Crippen LogP contribution is 2.53. The molecule has 0 N–H and O–H groups in total. The maximum Gasteiger partial charge on any atom is 0.0479 e. The Morgan fingerprint density at radius 2 is 1.28 bits per heavy atom. The van der Waals surface area contributed by atoms with Gasteiger partial charge in [0.2, 0.25) is 0 Å². The summed E-state index contributed by atoms with van der Waals surface area (Å²) in [7, 11) is 6.82. The van der Waals surface area contributed by atoms with Crippen LogP contribution in [0, 0.1) is 42.4 Å². The molecule has 3 nitrogen and oxygen atoms in total. The first kappa shape index (κ1) is 27.8. The van der Waals surface area contributed by atoms with Gasteiger partial charge in [0.25, 0.3) is 0 Å². The van der Waals surface area contributed by atoms with Crippen LogP contribution in [0.3, 0.4) is 0 Å². The van der Waals surface area contributed by atoms with E-state index in [0.717, 1.165) is 59.7 Å². The predicted octanol–water partition coefficient (Wildman–Crippen LogP) is 8.30. The second-order valence-electron chi connectivity index (χ2n) is 14.8. The lowest BCUT2D eigenvalue weighted by Gasteiger charge is -2.34. The molecule has 6 aliphatic rings. The number of aryl methyl sites for hydroxylation is 2. The number of benzene rings is 1. The highest BCUT2D eigenvalue weighted by atomic mass is 15.2. The second kappa shape index (κ2) is 11.5. The molecule has 0 bridgehead atoms. The Balaban J connectivity index is 0.000000107. The molecule has 6 fully saturated rings. The third-order valence-corrected chi connectivity index (χ3v) is 12.9. The molecular weight excluding hydrogens is 474 g/mol. The molecule has 4 saturated carbocycles. The molecule has 1 aromatic heterocycles. The maximum atomic E-state index is 2.70. The minimum absolute atomic E-state index is 0.855. The largest absolute Gasteiger partial charge is 0.348 e. The molecule has 10 unspecified atom stereocenters. The topological polar surface area (TPSA) is 11.4 Å². The molecule has 2 aromatic rings. The van der Waals surface area contributed by atoms with Crippen molar-refractivity contribution in [1.82, 2.24) is 14.4 Å². The van der Waals surface area contributed by atoms with Crippen molar-refractivity contribution < 1.29 is 0 Å². The van der Waals surface area contributed by atoms with Crippen LogP contribution in [-0.2, 0) is 7.05 Å². The van der Waals surface area contributed by atoms with Crippen molar-refractivity contribution >= 4 is 10.9 Å². The van der Waals surface area contributed by atoms with E-state index in [-0.39, 0.29) is 0 Å². The van der Waals surface area contributed by atoms with Crippen LogP contribution in [0.5, 0.6) is 0 Å². The Labute approximate surface area is 239 Å². The molecule has 39 heavy (non-hydrogen) atoms. The summed E-state index contributed by atoms with van der Waals surface area (Å²) in [5.41, 5.74) is 2.62. The third kappa shape index (κ3) is 5.25. The number of aromatic nitrogens is 1. The van der Waals surface area contributed by atoms with Gasteiger partial charge in [-0.25, -0.2) is 0 Å². The lowest BCUT2D eigenvalue weighted by atomic mass is 9.77. The van der Waals surface area contributed by atoms with Crippen molar-refractivity contribution in [2.24, 2.45) is 42.6 Å². The van der Waals surface area contributed by atoms with Gasteiger partial charge in [0.1, 0.15) is 0 Å². The molecule has 3 heteroatoms. The molecule has 0 spiro atoms. The zero-order chi connectivity index (χ0) is 27.3. The molecule has 1 aromatic carbocycles. The first-order valence-corrected chi connectivity index (χ1v) is 16.8. The van der Waals surface area contributed by atoms with E-state index < -0.39 is 0 Å². The van der Waals surface area contributed by atoms with Gasteiger partial charge in [-0.3, -0.25) is 0 Å². The molecule has 3 heterocycles. The van der Waals surface area contributed by atoms with Crippen molar-refractivity contribution in [2.45, 2.75) is 122 Å². The lowest BCUT2D eigenvalue weighted by molar-refractivity contribution is 0.147. The summed E-state index contributed by atoms with van der Waals surface area (Å²) in [6, 6.07) is 14.3. The van der Waals surface area contributed by atoms with Crippen LogP contribution in [0.4, 0.5) is 0 Å². The fraction of sp³-hybridized carbons (Fsp3) is 0.778. The summed E-state index contributed by atoms with van der Waals surface area (Å²) in [4.78, 5) is 5.36. The van der Waals surface area contributed by atoms with E-state index in [1.165, 1.54) is 68.0 Å². The summed E-state index contributed by atoms with van der Waals surface area (Å²) in [6.45, 7) is 6.95. The number of fused-ring (bicyclic) bond motifs is 7. The standard InChI is InChI=1S/2C13H23N.C10H11N/c1-9-7-11-8-10-5-3-4-6-12(10)13(11)14(9)2;1-9-7-12-11-6-4-3-5-10(11)8-13(12)14(9)2;1-8-7-9-5-3-4-6-10(9)11(8)2/h2*9-13H,3-8H2,1-2H3;3-7H,1-2H3. The van der Waals surface area contributed by atoms with Gasteiger partial charge in [-0.2, -0.15) is 0 Å². The highest BCUT2D eigenvalue weighted by molar-refractivity contribution is 5.81. The maximum absolute atomic E-state index is 2.70. The predicted molar refractivity (Wildman–Crippen MR) is 166 cm³/mol. The average molecular weight is 532 g/mol. The normalized spacial score (nSPS) is 41.2. The Morgan fingerprint density at radius 3 is 2.03 bits per heavy atom. The van der Waals surface area contributed by atoms with Gasteiger partial charge < -0.3 is 14.4 Å². The van der Waals surface area contributed by atoms with E-state index in [4.69, 9.17) is 0 Å². The molecular formula is C36H57N3. The fourth-order valence-electron chi connectivity index (χ4n) is 10.6. The van der Waals surface area contributed by atoms with Gasteiger partial charge in [0, 0.05) is 42.4 Å². The van der Waals surface area contributed by atoms with Crippen LogP contribution in [0.1, 0.15) is 96.6 Å². The summed E-state index contributed by atoms with van der Waals surface area (Å²) in [5, 5.41) is 1.33. The van der Waals surface area contributed by atoms with Crippen LogP contribution in [0.25, 0.3) is 10.9 Å². The Bertz CT molecular complexity index is 1100. The number of para-hydroxylation sites is 1. The Kier molecular flexibility index (Phi) is 8.22. The molecule has 8 rings (SSSR count). The van der Waals surface area contributed by atoms with Crippen molar-refractivity contribution in [1.29, 1.82) is 0 Å². The molecule has 2 saturated heterocycles. The third-order valence-electron chi connectivity index (χ3n) is 12.9. The molecule has 0 radical (unpaired) electrons. The van der Waals surface area contributed by atoms with Crippen molar-refractivity contribution in [3.63, 3.8) is 0 Å². The van der Waals surface area contributed by atoms with Gasteiger partial charge >= 0.3 is 0 Å². The molecule has 216 valence electrons. The second-order valence-corrected chi connectivity index (χ2v) is 14.8. The number of nitrogens with zero attached hydrogens (tertiary/aromatic N) is 3. The minimum Gasteiger partial charge on any atom is -0.348 e. The monoisotopic (exact) mass is 531 g/mol. The van der Waals surface area contributed by atoms with Crippen molar-refractivity contribution in [3.05, 3.63) is 36.0 Å². The van der Waals surface area contributed by atoms with E-state index in [1.807, 2.05) is 0 Å². The van der Waals surface area contributed by atoms with Gasteiger partial charge in [0.05, 0.1) is 0 Å². The molecule has 0 amide bonds. The van der Waals surface area contributed by atoms with Crippen LogP contribution >= 0.6 is 0 Å². The average Bonchev–Trinajstić information content (AvgIpc) is 3.70. The number of hydrogen-bond donors (Lipinski definition) is 0. The van der Waals surface area contributed by atoms with Gasteiger partial charge in [-0.05, 0) is 126 Å². The minimum atomic E-state index is 0.855. The SMILES string of the molecule is CC1CC2C3CCCCC3CC2N1C.CC1CC2CC3CCCCC3C2N1C.Cc1cc2ccccc2n1C. The van der Waals surface area contributed by atoms with Crippen molar-refractivity contribution in [3.8, 4) is 0 Å². The Hall–Kier alpha value is -1.32. The van der Waals surface area contributed by atoms with Crippen LogP contribution < -0.4 is 0 Å². The summed E-state index contributed by atoms with van der Waals surface area (Å²) < 4.78 is 2.20.